The number of hydrogen-bond donors (Lipinski definition) is 1. The Bertz CT molecular complexity index is 766. The van der Waals surface area contributed by atoms with Crippen molar-refractivity contribution in [1.29, 1.82) is 0 Å². The zero-order valence-corrected chi connectivity index (χ0v) is 13.0. The molecule has 2 rings (SSSR count). The summed E-state index contributed by atoms with van der Waals surface area (Å²) in [5, 5.41) is 13.2. The van der Waals surface area contributed by atoms with Crippen LogP contribution in [0.15, 0.2) is 42.5 Å². The third kappa shape index (κ3) is 3.83. The van der Waals surface area contributed by atoms with Crippen LogP contribution in [0.1, 0.15) is 18.5 Å². The molecule has 8 heteroatoms. The van der Waals surface area contributed by atoms with Crippen molar-refractivity contribution < 1.29 is 18.5 Å². The summed E-state index contributed by atoms with van der Waals surface area (Å²) in [5.41, 5.74) is 0.738. The SMILES string of the molecule is C[C@H](c1ccc(F)c(F)c1)N(C)C(=O)Nc1ccc([N+](=O)[O-])cc1. The average Bonchev–Trinajstić information content (AvgIpc) is 2.56. The molecule has 1 atom stereocenters. The Morgan fingerprint density at radius 3 is 2.33 bits per heavy atom. The summed E-state index contributed by atoms with van der Waals surface area (Å²) in [4.78, 5) is 23.6. The smallest absolute Gasteiger partial charge is 0.321 e. The van der Waals surface area contributed by atoms with Crippen LogP contribution in [0.5, 0.6) is 0 Å². The first-order valence-electron chi connectivity index (χ1n) is 7.03. The second kappa shape index (κ2) is 7.03. The minimum Gasteiger partial charge on any atom is -0.321 e. The van der Waals surface area contributed by atoms with Crippen LogP contribution in [-0.4, -0.2) is 22.9 Å². The first kappa shape index (κ1) is 17.3. The number of nitrogens with one attached hydrogen (secondary N) is 1. The molecule has 0 bridgehead atoms. The number of hydrogen-bond acceptors (Lipinski definition) is 3. The van der Waals surface area contributed by atoms with Crippen LogP contribution >= 0.6 is 0 Å². The zero-order valence-electron chi connectivity index (χ0n) is 13.0. The highest BCUT2D eigenvalue weighted by Crippen LogP contribution is 2.22. The highest BCUT2D eigenvalue weighted by molar-refractivity contribution is 5.89. The van der Waals surface area contributed by atoms with Gasteiger partial charge in [0.25, 0.3) is 5.69 Å². The van der Waals surface area contributed by atoms with Crippen LogP contribution in [0.2, 0.25) is 0 Å². The maximum Gasteiger partial charge on any atom is 0.322 e. The molecule has 2 aromatic carbocycles. The quantitative estimate of drug-likeness (QED) is 0.675. The van der Waals surface area contributed by atoms with E-state index in [0.717, 1.165) is 12.1 Å². The van der Waals surface area contributed by atoms with Gasteiger partial charge in [-0.05, 0) is 36.8 Å². The van der Waals surface area contributed by atoms with Gasteiger partial charge < -0.3 is 10.2 Å². The molecule has 1 N–H and O–H groups in total. The van der Waals surface area contributed by atoms with Gasteiger partial charge in [0.15, 0.2) is 11.6 Å². The number of nitrogens with zero attached hydrogens (tertiary/aromatic N) is 2. The number of rotatable bonds is 4. The maximum absolute atomic E-state index is 13.3. The first-order chi connectivity index (χ1) is 11.3. The predicted octanol–water partition coefficient (Wildman–Crippen LogP) is 4.10. The Kier molecular flexibility index (Phi) is 5.08. The molecule has 0 saturated heterocycles. The largest absolute Gasteiger partial charge is 0.322 e. The molecule has 0 aliphatic carbocycles. The molecule has 0 radical (unpaired) electrons. The van der Waals surface area contributed by atoms with Crippen LogP contribution in [-0.2, 0) is 0 Å². The van der Waals surface area contributed by atoms with Gasteiger partial charge in [-0.15, -0.1) is 0 Å². The molecule has 0 saturated carbocycles. The lowest BCUT2D eigenvalue weighted by molar-refractivity contribution is -0.384. The van der Waals surface area contributed by atoms with Crippen molar-refractivity contribution in [3.63, 3.8) is 0 Å². The van der Waals surface area contributed by atoms with Crippen LogP contribution in [0.3, 0.4) is 0 Å². The van der Waals surface area contributed by atoms with E-state index in [9.17, 15) is 23.7 Å². The van der Waals surface area contributed by atoms with E-state index in [2.05, 4.69) is 5.32 Å². The van der Waals surface area contributed by atoms with E-state index in [1.54, 1.807) is 6.92 Å². The lowest BCUT2D eigenvalue weighted by atomic mass is 10.1. The van der Waals surface area contributed by atoms with Crippen molar-refractivity contribution in [3.05, 3.63) is 69.8 Å². The molecule has 0 unspecified atom stereocenters. The van der Waals surface area contributed by atoms with Crippen molar-refractivity contribution >= 4 is 17.4 Å². The molecule has 0 aromatic heterocycles. The second-order valence-corrected chi connectivity index (χ2v) is 5.19. The summed E-state index contributed by atoms with van der Waals surface area (Å²) in [7, 11) is 1.51. The molecule has 126 valence electrons. The molecule has 0 heterocycles. The Hall–Kier alpha value is -3.03. The molecule has 24 heavy (non-hydrogen) atoms. The molecular formula is C16H15F2N3O3. The van der Waals surface area contributed by atoms with E-state index < -0.39 is 28.6 Å². The average molecular weight is 335 g/mol. The number of nitro groups is 1. The van der Waals surface area contributed by atoms with E-state index in [1.165, 1.54) is 42.3 Å². The van der Waals surface area contributed by atoms with Gasteiger partial charge in [-0.1, -0.05) is 6.07 Å². The minimum absolute atomic E-state index is 0.0866. The van der Waals surface area contributed by atoms with Gasteiger partial charge >= 0.3 is 6.03 Å². The number of anilines is 1. The van der Waals surface area contributed by atoms with Crippen LogP contribution in [0.25, 0.3) is 0 Å². The predicted molar refractivity (Wildman–Crippen MR) is 84.7 cm³/mol. The van der Waals surface area contributed by atoms with Gasteiger partial charge in [-0.25, -0.2) is 13.6 Å². The molecule has 0 aliphatic rings. The van der Waals surface area contributed by atoms with Gasteiger partial charge in [0, 0.05) is 24.9 Å². The molecule has 0 fully saturated rings. The standard InChI is InChI=1S/C16H15F2N3O3/c1-10(11-3-8-14(17)15(18)9-11)20(2)16(22)19-12-4-6-13(7-5-12)21(23)24/h3-10H,1-2H3,(H,19,22)/t10-/m1/s1. The number of amides is 2. The first-order valence-corrected chi connectivity index (χ1v) is 7.03. The Morgan fingerprint density at radius 1 is 1.17 bits per heavy atom. The Labute approximate surface area is 136 Å². The number of non-ortho nitro benzene ring substituents is 1. The molecule has 0 aliphatic heterocycles. The van der Waals surface area contributed by atoms with E-state index in [-0.39, 0.29) is 5.69 Å². The number of carbonyl (C=O) groups is 1. The maximum atomic E-state index is 13.3. The fourth-order valence-electron chi connectivity index (χ4n) is 2.05. The van der Waals surface area contributed by atoms with Crippen LogP contribution < -0.4 is 5.32 Å². The third-order valence-corrected chi connectivity index (χ3v) is 3.66. The lowest BCUT2D eigenvalue weighted by Crippen LogP contribution is -2.33. The minimum atomic E-state index is -0.983. The number of nitro benzene ring substituents is 1. The zero-order chi connectivity index (χ0) is 17.9. The number of urea groups is 1. The summed E-state index contributed by atoms with van der Waals surface area (Å²) in [6.07, 6.45) is 0. The van der Waals surface area contributed by atoms with Crippen molar-refractivity contribution in [2.24, 2.45) is 0 Å². The van der Waals surface area contributed by atoms with E-state index >= 15 is 0 Å². The van der Waals surface area contributed by atoms with Gasteiger partial charge in [-0.3, -0.25) is 10.1 Å². The van der Waals surface area contributed by atoms with Gasteiger partial charge in [-0.2, -0.15) is 0 Å². The number of carbonyl (C=O) groups excluding carboxylic acids is 1. The topological polar surface area (TPSA) is 75.5 Å². The summed E-state index contributed by atoms with van der Waals surface area (Å²) in [6, 6.07) is 7.82. The van der Waals surface area contributed by atoms with Crippen molar-refractivity contribution in [1.82, 2.24) is 4.90 Å². The summed E-state index contributed by atoms with van der Waals surface area (Å²) in [5.74, 6) is -1.94. The monoisotopic (exact) mass is 335 g/mol. The Balaban J connectivity index is 2.07. The van der Waals surface area contributed by atoms with Gasteiger partial charge in [0.1, 0.15) is 0 Å². The third-order valence-electron chi connectivity index (χ3n) is 3.66. The highest BCUT2D eigenvalue weighted by Gasteiger charge is 2.19. The van der Waals surface area contributed by atoms with Crippen LogP contribution in [0.4, 0.5) is 25.0 Å². The molecule has 6 nitrogen and oxygen atoms in total. The second-order valence-electron chi connectivity index (χ2n) is 5.19. The normalized spacial score (nSPS) is 11.7. The van der Waals surface area contributed by atoms with Crippen molar-refractivity contribution in [3.8, 4) is 0 Å². The summed E-state index contributed by atoms with van der Waals surface area (Å²) in [6.45, 7) is 1.67. The van der Waals surface area contributed by atoms with Crippen LogP contribution in [0, 0.1) is 21.7 Å². The Morgan fingerprint density at radius 2 is 1.79 bits per heavy atom. The molecule has 0 spiro atoms. The number of halogens is 2. The molecule has 2 aromatic rings. The fraction of sp³-hybridized carbons (Fsp3) is 0.188. The van der Waals surface area contributed by atoms with Crippen molar-refractivity contribution in [2.45, 2.75) is 13.0 Å². The lowest BCUT2D eigenvalue weighted by Gasteiger charge is -2.25. The van der Waals surface area contributed by atoms with E-state index in [4.69, 9.17) is 0 Å². The summed E-state index contributed by atoms with van der Waals surface area (Å²) >= 11 is 0. The van der Waals surface area contributed by atoms with Crippen molar-refractivity contribution in [2.75, 3.05) is 12.4 Å². The molecule has 2 amide bonds. The van der Waals surface area contributed by atoms with Gasteiger partial charge in [0.2, 0.25) is 0 Å². The molecular weight excluding hydrogens is 320 g/mol. The van der Waals surface area contributed by atoms with E-state index in [1.807, 2.05) is 0 Å². The fourth-order valence-corrected chi connectivity index (χ4v) is 2.05. The summed E-state index contributed by atoms with van der Waals surface area (Å²) < 4.78 is 26.3. The number of benzene rings is 2. The highest BCUT2D eigenvalue weighted by atomic mass is 19.2. The van der Waals surface area contributed by atoms with Gasteiger partial charge in [0.05, 0.1) is 11.0 Å². The van der Waals surface area contributed by atoms with E-state index in [0.29, 0.717) is 11.3 Å².